The Kier molecular flexibility index (Phi) is 12.0. The van der Waals surface area contributed by atoms with Crippen molar-refractivity contribution in [2.45, 2.75) is 31.6 Å². The van der Waals surface area contributed by atoms with Gasteiger partial charge in [0.25, 0.3) is 0 Å². The third-order valence-corrected chi connectivity index (χ3v) is 5.15. The molecule has 2 aromatic carbocycles. The fourth-order valence-electron chi connectivity index (χ4n) is 2.38. The van der Waals surface area contributed by atoms with E-state index in [0.29, 0.717) is 11.3 Å². The summed E-state index contributed by atoms with van der Waals surface area (Å²) < 4.78 is 0. The van der Waals surface area contributed by atoms with E-state index in [1.165, 1.54) is 30.2 Å². The Bertz CT molecular complexity index is 576. The van der Waals surface area contributed by atoms with E-state index in [-0.39, 0.29) is 6.73 Å². The molecular weight excluding hydrogens is 344 g/mol. The predicted octanol–water partition coefficient (Wildman–Crippen LogP) is 4.23. The van der Waals surface area contributed by atoms with E-state index in [9.17, 15) is 0 Å². The SMILES string of the molecule is CCC(C)NC[C@@H](SC)c1ccc(-c2ccccc2)cc1.CONCO. The van der Waals surface area contributed by atoms with Gasteiger partial charge >= 0.3 is 0 Å². The lowest BCUT2D eigenvalue weighted by Gasteiger charge is -2.19. The Morgan fingerprint density at radius 2 is 1.65 bits per heavy atom. The number of nitrogens with one attached hydrogen (secondary N) is 2. The van der Waals surface area contributed by atoms with Crippen LogP contribution in [0, 0.1) is 0 Å². The number of thioether (sulfide) groups is 1. The van der Waals surface area contributed by atoms with Gasteiger partial charge in [0.2, 0.25) is 0 Å². The molecule has 0 aliphatic heterocycles. The van der Waals surface area contributed by atoms with E-state index in [0.717, 1.165) is 6.54 Å². The van der Waals surface area contributed by atoms with Crippen molar-refractivity contribution in [2.24, 2.45) is 0 Å². The third kappa shape index (κ3) is 8.34. The maximum atomic E-state index is 7.83. The van der Waals surface area contributed by atoms with Crippen LogP contribution < -0.4 is 10.8 Å². The zero-order valence-electron chi connectivity index (χ0n) is 16.2. The smallest absolute Gasteiger partial charge is 0.116 e. The lowest BCUT2D eigenvalue weighted by molar-refractivity contribution is 0.0317. The average molecular weight is 377 g/mol. The van der Waals surface area contributed by atoms with Gasteiger partial charge in [-0.25, -0.2) is 0 Å². The first-order valence-corrected chi connectivity index (χ1v) is 10.2. The number of aliphatic hydroxyl groups is 1. The number of hydrogen-bond acceptors (Lipinski definition) is 5. The lowest BCUT2D eigenvalue weighted by atomic mass is 10.0. The molecule has 1 unspecified atom stereocenters. The molecule has 0 amide bonds. The number of hydroxylamine groups is 1. The molecule has 0 bridgehead atoms. The molecule has 0 heterocycles. The van der Waals surface area contributed by atoms with Crippen LogP contribution in [0.1, 0.15) is 31.1 Å². The quantitative estimate of drug-likeness (QED) is 0.452. The second-order valence-corrected chi connectivity index (χ2v) is 6.98. The first-order valence-electron chi connectivity index (χ1n) is 8.94. The second kappa shape index (κ2) is 13.8. The molecule has 0 aliphatic rings. The summed E-state index contributed by atoms with van der Waals surface area (Å²) in [5, 5.41) is 12.0. The Hall–Kier alpha value is -1.37. The fraction of sp³-hybridized carbons (Fsp3) is 0.429. The molecule has 2 rings (SSSR count). The molecule has 0 saturated heterocycles. The average Bonchev–Trinajstić information content (AvgIpc) is 2.70. The maximum Gasteiger partial charge on any atom is 0.116 e. The van der Waals surface area contributed by atoms with Gasteiger partial charge < -0.3 is 15.3 Å². The largest absolute Gasteiger partial charge is 0.379 e. The maximum absolute atomic E-state index is 7.83. The third-order valence-electron chi connectivity index (χ3n) is 4.15. The zero-order valence-corrected chi connectivity index (χ0v) is 17.1. The van der Waals surface area contributed by atoms with Gasteiger partial charge in [0.15, 0.2) is 0 Å². The van der Waals surface area contributed by atoms with Crippen LogP contribution in [0.25, 0.3) is 11.1 Å². The van der Waals surface area contributed by atoms with Crippen molar-refractivity contribution in [3.05, 3.63) is 60.2 Å². The molecule has 2 atom stereocenters. The normalized spacial score (nSPS) is 12.8. The van der Waals surface area contributed by atoms with Crippen LogP contribution >= 0.6 is 11.8 Å². The summed E-state index contributed by atoms with van der Waals surface area (Å²) in [5.74, 6) is 0. The van der Waals surface area contributed by atoms with Crippen LogP contribution in [0.15, 0.2) is 54.6 Å². The van der Waals surface area contributed by atoms with Gasteiger partial charge in [-0.3, -0.25) is 0 Å². The number of aliphatic hydroxyl groups excluding tert-OH is 1. The van der Waals surface area contributed by atoms with Gasteiger partial charge in [-0.15, -0.1) is 0 Å². The molecule has 0 spiro atoms. The van der Waals surface area contributed by atoms with Crippen molar-refractivity contribution < 1.29 is 9.94 Å². The number of rotatable bonds is 9. The van der Waals surface area contributed by atoms with Gasteiger partial charge in [-0.05, 0) is 36.3 Å². The van der Waals surface area contributed by atoms with Gasteiger partial charge in [0.1, 0.15) is 6.73 Å². The monoisotopic (exact) mass is 376 g/mol. The fourth-order valence-corrected chi connectivity index (χ4v) is 3.07. The van der Waals surface area contributed by atoms with E-state index in [1.54, 1.807) is 0 Å². The first kappa shape index (κ1) is 22.7. The molecule has 2 aromatic rings. The van der Waals surface area contributed by atoms with E-state index in [4.69, 9.17) is 5.11 Å². The van der Waals surface area contributed by atoms with Gasteiger partial charge in [0.05, 0.1) is 7.11 Å². The highest BCUT2D eigenvalue weighted by Crippen LogP contribution is 2.28. The molecule has 0 saturated carbocycles. The van der Waals surface area contributed by atoms with Crippen LogP contribution in [-0.2, 0) is 4.84 Å². The summed E-state index contributed by atoms with van der Waals surface area (Å²) in [4.78, 5) is 4.19. The van der Waals surface area contributed by atoms with Crippen LogP contribution in [0.4, 0.5) is 0 Å². The minimum atomic E-state index is -0.128. The predicted molar refractivity (Wildman–Crippen MR) is 113 cm³/mol. The Morgan fingerprint density at radius 1 is 1.04 bits per heavy atom. The topological polar surface area (TPSA) is 53.5 Å². The van der Waals surface area contributed by atoms with Crippen LogP contribution in [0.5, 0.6) is 0 Å². The molecule has 0 fully saturated rings. The van der Waals surface area contributed by atoms with Crippen LogP contribution in [0.2, 0.25) is 0 Å². The van der Waals surface area contributed by atoms with E-state index in [1.807, 2.05) is 11.8 Å². The molecule has 144 valence electrons. The molecule has 4 nitrogen and oxygen atoms in total. The van der Waals surface area contributed by atoms with Crippen molar-refractivity contribution in [3.8, 4) is 11.1 Å². The summed E-state index contributed by atoms with van der Waals surface area (Å²) in [6, 6.07) is 20.1. The molecule has 0 aromatic heterocycles. The Morgan fingerprint density at radius 3 is 2.12 bits per heavy atom. The summed E-state index contributed by atoms with van der Waals surface area (Å²) in [5.41, 5.74) is 6.13. The van der Waals surface area contributed by atoms with E-state index in [2.05, 4.69) is 90.3 Å². The standard InChI is InChI=1S/C19H25NS.C2H7NO2/c1-4-15(2)20-14-19(21-3)18-12-10-17(11-13-18)16-8-6-5-7-9-16;1-5-3-2-4/h5-13,15,19-20H,4,14H2,1-3H3;3-4H,2H2,1H3/t15?,19-;/m1./s1. The summed E-state index contributed by atoms with van der Waals surface area (Å²) in [7, 11) is 1.44. The highest BCUT2D eigenvalue weighted by molar-refractivity contribution is 7.98. The minimum absolute atomic E-state index is 0.128. The minimum Gasteiger partial charge on any atom is -0.379 e. The highest BCUT2D eigenvalue weighted by atomic mass is 32.2. The summed E-state index contributed by atoms with van der Waals surface area (Å²) >= 11 is 1.91. The molecule has 0 aliphatic carbocycles. The van der Waals surface area contributed by atoms with Crippen LogP contribution in [0.3, 0.4) is 0 Å². The van der Waals surface area contributed by atoms with Crippen LogP contribution in [-0.4, -0.2) is 37.8 Å². The van der Waals surface area contributed by atoms with Gasteiger partial charge in [-0.1, -0.05) is 61.5 Å². The van der Waals surface area contributed by atoms with Crippen molar-refractivity contribution in [2.75, 3.05) is 26.6 Å². The van der Waals surface area contributed by atoms with E-state index < -0.39 is 0 Å². The molecule has 3 N–H and O–H groups in total. The number of hydrogen-bond donors (Lipinski definition) is 3. The van der Waals surface area contributed by atoms with Gasteiger partial charge in [-0.2, -0.15) is 17.2 Å². The zero-order chi connectivity index (χ0) is 19.2. The second-order valence-electron chi connectivity index (χ2n) is 5.94. The number of benzene rings is 2. The first-order chi connectivity index (χ1) is 12.7. The Balaban J connectivity index is 0.000000597. The molecule has 0 radical (unpaired) electrons. The molecule has 26 heavy (non-hydrogen) atoms. The van der Waals surface area contributed by atoms with Crippen molar-refractivity contribution in [3.63, 3.8) is 0 Å². The Labute approximate surface area is 162 Å². The summed E-state index contributed by atoms with van der Waals surface area (Å²) in [6.45, 7) is 5.37. The van der Waals surface area contributed by atoms with Gasteiger partial charge in [0, 0.05) is 17.8 Å². The lowest BCUT2D eigenvalue weighted by Crippen LogP contribution is -2.28. The van der Waals surface area contributed by atoms with Crippen molar-refractivity contribution in [1.29, 1.82) is 0 Å². The molecule has 5 heteroatoms. The highest BCUT2D eigenvalue weighted by Gasteiger charge is 2.11. The van der Waals surface area contributed by atoms with Crippen molar-refractivity contribution in [1.82, 2.24) is 10.8 Å². The molecular formula is C21H32N2O2S. The van der Waals surface area contributed by atoms with E-state index >= 15 is 0 Å². The summed E-state index contributed by atoms with van der Waals surface area (Å²) in [6.07, 6.45) is 3.36. The van der Waals surface area contributed by atoms with Crippen molar-refractivity contribution >= 4 is 11.8 Å².